The summed E-state index contributed by atoms with van der Waals surface area (Å²) in [5.41, 5.74) is 0. The van der Waals surface area contributed by atoms with Gasteiger partial charge in [-0.1, -0.05) is 0 Å². The highest BCUT2D eigenvalue weighted by Gasteiger charge is 2.22. The molecule has 0 N–H and O–H groups in total. The summed E-state index contributed by atoms with van der Waals surface area (Å²) < 4.78 is 15.5. The van der Waals surface area contributed by atoms with E-state index in [0.717, 1.165) is 19.4 Å². The number of amides is 1. The Balaban J connectivity index is 2.40. The Kier molecular flexibility index (Phi) is 9.01. The van der Waals surface area contributed by atoms with E-state index >= 15 is 0 Å². The van der Waals surface area contributed by atoms with E-state index in [-0.39, 0.29) is 24.4 Å². The number of hydrogen-bond donors (Lipinski definition) is 0. The quantitative estimate of drug-likeness (QED) is 0.450. The Bertz CT molecular complexity index is 315. The predicted octanol–water partition coefficient (Wildman–Crippen LogP) is 1.37. The van der Waals surface area contributed by atoms with Gasteiger partial charge in [0.25, 0.3) is 0 Å². The van der Waals surface area contributed by atoms with E-state index in [1.54, 1.807) is 4.90 Å². The van der Waals surface area contributed by atoms with Crippen molar-refractivity contribution in [1.29, 1.82) is 0 Å². The Morgan fingerprint density at radius 2 is 2.14 bits per heavy atom. The molecule has 0 saturated carbocycles. The maximum Gasteiger partial charge on any atom is 0.307 e. The van der Waals surface area contributed by atoms with Crippen LogP contribution < -0.4 is 0 Å². The first kappa shape index (κ1) is 17.9. The van der Waals surface area contributed by atoms with Crippen LogP contribution >= 0.6 is 0 Å². The third kappa shape index (κ3) is 7.43. The molecule has 1 atom stereocenters. The Morgan fingerprint density at radius 3 is 2.76 bits per heavy atom. The number of hydrogen-bond acceptors (Lipinski definition) is 5. The molecule has 6 heteroatoms. The summed E-state index contributed by atoms with van der Waals surface area (Å²) in [6.07, 6.45) is 3.47. The fraction of sp³-hybridized carbons (Fsp3) is 0.867. The van der Waals surface area contributed by atoms with E-state index in [9.17, 15) is 9.59 Å². The minimum atomic E-state index is -0.297. The standard InChI is InChI=1S/C15H27NO5/c1-3-20-10-5-7-14(17)16(9-8-15(18)19-2)12-13-6-4-11-21-13/h13H,3-12H2,1-2H3. The second-order valence-corrected chi connectivity index (χ2v) is 5.10. The summed E-state index contributed by atoms with van der Waals surface area (Å²) in [4.78, 5) is 25.2. The fourth-order valence-corrected chi connectivity index (χ4v) is 2.31. The van der Waals surface area contributed by atoms with Crippen LogP contribution in [0.2, 0.25) is 0 Å². The second-order valence-electron chi connectivity index (χ2n) is 5.10. The maximum atomic E-state index is 12.3. The van der Waals surface area contributed by atoms with Crippen molar-refractivity contribution in [3.8, 4) is 0 Å². The lowest BCUT2D eigenvalue weighted by molar-refractivity contribution is -0.142. The highest BCUT2D eigenvalue weighted by molar-refractivity contribution is 5.77. The van der Waals surface area contributed by atoms with E-state index in [1.165, 1.54) is 7.11 Å². The van der Waals surface area contributed by atoms with Crippen molar-refractivity contribution >= 4 is 11.9 Å². The van der Waals surface area contributed by atoms with E-state index in [1.807, 2.05) is 6.92 Å². The van der Waals surface area contributed by atoms with Gasteiger partial charge in [-0.15, -0.1) is 0 Å². The molecule has 0 aromatic carbocycles. The van der Waals surface area contributed by atoms with Crippen LogP contribution in [0.25, 0.3) is 0 Å². The number of carbonyl (C=O) groups is 2. The van der Waals surface area contributed by atoms with Gasteiger partial charge in [0.2, 0.25) is 5.91 Å². The number of esters is 1. The Morgan fingerprint density at radius 1 is 1.33 bits per heavy atom. The molecule has 0 aromatic rings. The van der Waals surface area contributed by atoms with E-state index in [4.69, 9.17) is 9.47 Å². The molecule has 1 fully saturated rings. The highest BCUT2D eigenvalue weighted by Crippen LogP contribution is 2.14. The van der Waals surface area contributed by atoms with Gasteiger partial charge in [0.05, 0.1) is 19.6 Å². The van der Waals surface area contributed by atoms with Crippen molar-refractivity contribution in [2.45, 2.75) is 45.1 Å². The monoisotopic (exact) mass is 301 g/mol. The van der Waals surface area contributed by atoms with E-state index < -0.39 is 0 Å². The average molecular weight is 301 g/mol. The number of carbonyl (C=O) groups excluding carboxylic acids is 2. The molecule has 1 unspecified atom stereocenters. The van der Waals surface area contributed by atoms with Gasteiger partial charge in [-0.3, -0.25) is 9.59 Å². The third-order valence-corrected chi connectivity index (χ3v) is 3.50. The van der Waals surface area contributed by atoms with Gasteiger partial charge >= 0.3 is 5.97 Å². The molecule has 1 aliphatic rings. The molecular formula is C15H27NO5. The molecule has 21 heavy (non-hydrogen) atoms. The molecule has 0 aliphatic carbocycles. The Hall–Kier alpha value is -1.14. The number of ether oxygens (including phenoxy) is 3. The van der Waals surface area contributed by atoms with Crippen molar-refractivity contribution in [1.82, 2.24) is 4.90 Å². The van der Waals surface area contributed by atoms with Crippen molar-refractivity contribution < 1.29 is 23.8 Å². The molecule has 1 saturated heterocycles. The number of nitrogens with zero attached hydrogens (tertiary/aromatic N) is 1. The van der Waals surface area contributed by atoms with Crippen LogP contribution in [-0.2, 0) is 23.8 Å². The average Bonchev–Trinajstić information content (AvgIpc) is 3.00. The minimum Gasteiger partial charge on any atom is -0.469 e. The smallest absolute Gasteiger partial charge is 0.307 e. The lowest BCUT2D eigenvalue weighted by Crippen LogP contribution is -2.38. The zero-order valence-corrected chi connectivity index (χ0v) is 13.1. The molecule has 6 nitrogen and oxygen atoms in total. The van der Waals surface area contributed by atoms with Gasteiger partial charge in [0.15, 0.2) is 0 Å². The molecule has 0 spiro atoms. The normalized spacial score (nSPS) is 17.7. The number of methoxy groups -OCH3 is 1. The summed E-state index contributed by atoms with van der Waals surface area (Å²) >= 11 is 0. The summed E-state index contributed by atoms with van der Waals surface area (Å²) in [6.45, 7) is 4.89. The lowest BCUT2D eigenvalue weighted by atomic mass is 10.2. The zero-order valence-electron chi connectivity index (χ0n) is 13.1. The summed E-state index contributed by atoms with van der Waals surface area (Å²) in [5, 5.41) is 0. The van der Waals surface area contributed by atoms with Gasteiger partial charge in [-0.25, -0.2) is 0 Å². The van der Waals surface area contributed by atoms with Gasteiger partial charge in [0, 0.05) is 39.3 Å². The highest BCUT2D eigenvalue weighted by atomic mass is 16.5. The largest absolute Gasteiger partial charge is 0.469 e. The second kappa shape index (κ2) is 10.6. The first-order chi connectivity index (χ1) is 10.2. The molecule has 1 amide bonds. The van der Waals surface area contributed by atoms with Gasteiger partial charge in [-0.05, 0) is 26.2 Å². The lowest BCUT2D eigenvalue weighted by Gasteiger charge is -2.25. The maximum absolute atomic E-state index is 12.3. The molecule has 0 radical (unpaired) electrons. The molecule has 1 rings (SSSR count). The third-order valence-electron chi connectivity index (χ3n) is 3.50. The van der Waals surface area contributed by atoms with Gasteiger partial charge in [0.1, 0.15) is 0 Å². The van der Waals surface area contributed by atoms with Gasteiger partial charge < -0.3 is 19.1 Å². The fourth-order valence-electron chi connectivity index (χ4n) is 2.31. The number of rotatable bonds is 10. The molecule has 0 aromatic heterocycles. The van der Waals surface area contributed by atoms with Crippen LogP contribution in [0.1, 0.15) is 39.0 Å². The van der Waals surface area contributed by atoms with Crippen molar-refractivity contribution in [3.63, 3.8) is 0 Å². The van der Waals surface area contributed by atoms with Crippen molar-refractivity contribution in [3.05, 3.63) is 0 Å². The van der Waals surface area contributed by atoms with Crippen LogP contribution in [0.3, 0.4) is 0 Å². The predicted molar refractivity (Wildman–Crippen MR) is 77.9 cm³/mol. The minimum absolute atomic E-state index is 0.0501. The van der Waals surface area contributed by atoms with Crippen LogP contribution in [0.15, 0.2) is 0 Å². The van der Waals surface area contributed by atoms with Crippen molar-refractivity contribution in [2.75, 3.05) is 40.0 Å². The van der Waals surface area contributed by atoms with Crippen molar-refractivity contribution in [2.24, 2.45) is 0 Å². The van der Waals surface area contributed by atoms with Gasteiger partial charge in [-0.2, -0.15) is 0 Å². The first-order valence-electron chi connectivity index (χ1n) is 7.71. The zero-order chi connectivity index (χ0) is 15.5. The van der Waals surface area contributed by atoms with Crippen LogP contribution in [0.4, 0.5) is 0 Å². The summed E-state index contributed by atoms with van der Waals surface area (Å²) in [7, 11) is 1.36. The first-order valence-corrected chi connectivity index (χ1v) is 7.71. The summed E-state index contributed by atoms with van der Waals surface area (Å²) in [5.74, 6) is -0.247. The summed E-state index contributed by atoms with van der Waals surface area (Å²) in [6, 6.07) is 0. The molecular weight excluding hydrogens is 274 g/mol. The van der Waals surface area contributed by atoms with Crippen LogP contribution in [-0.4, -0.2) is 62.9 Å². The topological polar surface area (TPSA) is 65.1 Å². The molecule has 0 bridgehead atoms. The van der Waals surface area contributed by atoms with Crippen LogP contribution in [0.5, 0.6) is 0 Å². The van der Waals surface area contributed by atoms with E-state index in [2.05, 4.69) is 4.74 Å². The Labute approximate surface area is 126 Å². The molecule has 1 heterocycles. The molecule has 1 aliphatic heterocycles. The van der Waals surface area contributed by atoms with Crippen LogP contribution in [0, 0.1) is 0 Å². The SMILES string of the molecule is CCOCCCC(=O)N(CCC(=O)OC)CC1CCCO1. The van der Waals surface area contributed by atoms with E-state index in [0.29, 0.717) is 39.1 Å². The molecule has 122 valence electrons.